The van der Waals surface area contributed by atoms with Crippen molar-refractivity contribution in [2.45, 2.75) is 52.6 Å². The van der Waals surface area contributed by atoms with Crippen LogP contribution in [0.3, 0.4) is 0 Å². The van der Waals surface area contributed by atoms with Crippen LogP contribution in [0.5, 0.6) is 0 Å². The van der Waals surface area contributed by atoms with E-state index in [9.17, 15) is 5.11 Å². The molecule has 0 radical (unpaired) electrons. The van der Waals surface area contributed by atoms with Crippen LogP contribution in [-0.4, -0.2) is 20.5 Å². The zero-order chi connectivity index (χ0) is 13.1. The Bertz CT molecular complexity index is 332. The van der Waals surface area contributed by atoms with E-state index in [1.807, 2.05) is 19.4 Å². The molecular weight excluding hydrogens is 212 g/mol. The van der Waals surface area contributed by atoms with Crippen LogP contribution >= 0.6 is 0 Å². The number of hydrogen-bond donors (Lipinski definition) is 1. The highest BCUT2D eigenvalue weighted by Crippen LogP contribution is 2.28. The lowest BCUT2D eigenvalue weighted by molar-refractivity contribution is 0.000733. The van der Waals surface area contributed by atoms with Crippen molar-refractivity contribution in [3.63, 3.8) is 0 Å². The highest BCUT2D eigenvalue weighted by Gasteiger charge is 2.29. The Morgan fingerprint density at radius 3 is 2.12 bits per heavy atom. The molecule has 1 aromatic heterocycles. The van der Waals surface area contributed by atoms with Gasteiger partial charge in [0.2, 0.25) is 0 Å². The molecular formula is C14H26N2O. The monoisotopic (exact) mass is 238 g/mol. The lowest BCUT2D eigenvalue weighted by Crippen LogP contribution is -2.34. The van der Waals surface area contributed by atoms with E-state index in [2.05, 4.69) is 32.8 Å². The van der Waals surface area contributed by atoms with Crippen molar-refractivity contribution in [1.82, 2.24) is 9.78 Å². The average Bonchev–Trinajstić information content (AvgIpc) is 2.46. The molecule has 0 aromatic carbocycles. The molecule has 0 aliphatic carbocycles. The number of aryl methyl sites for hydroxylation is 1. The van der Waals surface area contributed by atoms with Crippen LogP contribution in [0.15, 0.2) is 12.4 Å². The van der Waals surface area contributed by atoms with Crippen molar-refractivity contribution in [1.29, 1.82) is 0 Å². The Labute approximate surface area is 105 Å². The summed E-state index contributed by atoms with van der Waals surface area (Å²) < 4.78 is 1.79. The second kappa shape index (κ2) is 5.67. The average molecular weight is 238 g/mol. The third-order valence-corrected chi connectivity index (χ3v) is 2.87. The van der Waals surface area contributed by atoms with Crippen LogP contribution in [0.4, 0.5) is 0 Å². The SMILES string of the molecule is CC(C)CC(O)(Cc1cnn(C)c1)CC(C)C. The zero-order valence-corrected chi connectivity index (χ0v) is 11.8. The van der Waals surface area contributed by atoms with Gasteiger partial charge in [0, 0.05) is 19.7 Å². The van der Waals surface area contributed by atoms with Crippen LogP contribution < -0.4 is 0 Å². The molecule has 0 unspecified atom stereocenters. The van der Waals surface area contributed by atoms with E-state index in [0.29, 0.717) is 18.3 Å². The summed E-state index contributed by atoms with van der Waals surface area (Å²) >= 11 is 0. The van der Waals surface area contributed by atoms with E-state index in [1.54, 1.807) is 4.68 Å². The maximum absolute atomic E-state index is 10.8. The van der Waals surface area contributed by atoms with Gasteiger partial charge in [0.15, 0.2) is 0 Å². The Hall–Kier alpha value is -0.830. The predicted molar refractivity (Wildman–Crippen MR) is 70.8 cm³/mol. The second-order valence-electron chi connectivity index (χ2n) is 6.12. The van der Waals surface area contributed by atoms with Crippen molar-refractivity contribution in [2.24, 2.45) is 18.9 Å². The van der Waals surface area contributed by atoms with Crippen molar-refractivity contribution in [2.75, 3.05) is 0 Å². The number of aromatic nitrogens is 2. The molecule has 1 heterocycles. The molecule has 17 heavy (non-hydrogen) atoms. The standard InChI is InChI=1S/C14H26N2O/c1-11(2)6-14(17,7-12(3)4)8-13-9-15-16(5)10-13/h9-12,17H,6-8H2,1-5H3. The van der Waals surface area contributed by atoms with Crippen LogP contribution in [-0.2, 0) is 13.5 Å². The van der Waals surface area contributed by atoms with Gasteiger partial charge in [-0.3, -0.25) is 4.68 Å². The van der Waals surface area contributed by atoms with Crippen LogP contribution in [0.1, 0.15) is 46.1 Å². The molecule has 0 amide bonds. The van der Waals surface area contributed by atoms with E-state index in [4.69, 9.17) is 0 Å². The summed E-state index contributed by atoms with van der Waals surface area (Å²) in [5, 5.41) is 14.9. The molecule has 1 aromatic rings. The van der Waals surface area contributed by atoms with Gasteiger partial charge in [0.05, 0.1) is 11.8 Å². The first-order chi connectivity index (χ1) is 7.81. The summed E-state index contributed by atoms with van der Waals surface area (Å²) in [5.74, 6) is 1.02. The molecule has 0 saturated carbocycles. The van der Waals surface area contributed by atoms with Crippen molar-refractivity contribution < 1.29 is 5.11 Å². The van der Waals surface area contributed by atoms with Crippen molar-refractivity contribution >= 4 is 0 Å². The van der Waals surface area contributed by atoms with E-state index in [-0.39, 0.29) is 0 Å². The quantitative estimate of drug-likeness (QED) is 0.827. The Kier molecular flexibility index (Phi) is 4.75. The number of hydrogen-bond acceptors (Lipinski definition) is 2. The normalized spacial score (nSPS) is 12.7. The number of rotatable bonds is 6. The highest BCUT2D eigenvalue weighted by atomic mass is 16.3. The van der Waals surface area contributed by atoms with E-state index < -0.39 is 5.60 Å². The first-order valence-electron chi connectivity index (χ1n) is 6.50. The smallest absolute Gasteiger partial charge is 0.0694 e. The Morgan fingerprint density at radius 1 is 1.24 bits per heavy atom. The minimum atomic E-state index is -0.592. The van der Waals surface area contributed by atoms with Crippen molar-refractivity contribution in [3.8, 4) is 0 Å². The molecule has 0 fully saturated rings. The molecule has 1 N–H and O–H groups in total. The maximum Gasteiger partial charge on any atom is 0.0694 e. The van der Waals surface area contributed by atoms with Crippen LogP contribution in [0, 0.1) is 11.8 Å². The van der Waals surface area contributed by atoms with E-state index in [0.717, 1.165) is 18.4 Å². The third-order valence-electron chi connectivity index (χ3n) is 2.87. The summed E-state index contributed by atoms with van der Waals surface area (Å²) in [6.07, 6.45) is 6.24. The largest absolute Gasteiger partial charge is 0.390 e. The van der Waals surface area contributed by atoms with E-state index >= 15 is 0 Å². The van der Waals surface area contributed by atoms with Gasteiger partial charge >= 0.3 is 0 Å². The molecule has 0 spiro atoms. The molecule has 0 saturated heterocycles. The van der Waals surface area contributed by atoms with Gasteiger partial charge in [-0.05, 0) is 30.2 Å². The zero-order valence-electron chi connectivity index (χ0n) is 11.8. The summed E-state index contributed by atoms with van der Waals surface area (Å²) in [6, 6.07) is 0. The van der Waals surface area contributed by atoms with Crippen molar-refractivity contribution in [3.05, 3.63) is 18.0 Å². The Balaban J connectivity index is 2.75. The van der Waals surface area contributed by atoms with Gasteiger partial charge in [0.1, 0.15) is 0 Å². The van der Waals surface area contributed by atoms with Crippen LogP contribution in [0.25, 0.3) is 0 Å². The van der Waals surface area contributed by atoms with Crippen LogP contribution in [0.2, 0.25) is 0 Å². The number of nitrogens with zero attached hydrogens (tertiary/aromatic N) is 2. The molecule has 1 rings (SSSR count). The van der Waals surface area contributed by atoms with E-state index in [1.165, 1.54) is 0 Å². The Morgan fingerprint density at radius 2 is 1.76 bits per heavy atom. The molecule has 0 bridgehead atoms. The second-order valence-corrected chi connectivity index (χ2v) is 6.12. The van der Waals surface area contributed by atoms with Gasteiger partial charge in [-0.2, -0.15) is 5.10 Å². The molecule has 3 nitrogen and oxygen atoms in total. The minimum Gasteiger partial charge on any atom is -0.390 e. The molecule has 3 heteroatoms. The van der Waals surface area contributed by atoms with Gasteiger partial charge in [-0.25, -0.2) is 0 Å². The summed E-state index contributed by atoms with van der Waals surface area (Å²) in [4.78, 5) is 0. The summed E-state index contributed by atoms with van der Waals surface area (Å²) in [7, 11) is 1.91. The first kappa shape index (κ1) is 14.2. The molecule has 98 valence electrons. The minimum absolute atomic E-state index is 0.510. The third kappa shape index (κ3) is 4.90. The topological polar surface area (TPSA) is 38.1 Å². The van der Waals surface area contributed by atoms with Gasteiger partial charge < -0.3 is 5.11 Å². The lowest BCUT2D eigenvalue weighted by Gasteiger charge is -2.31. The highest BCUT2D eigenvalue weighted by molar-refractivity contribution is 5.08. The fraction of sp³-hybridized carbons (Fsp3) is 0.786. The maximum atomic E-state index is 10.8. The summed E-state index contributed by atoms with van der Waals surface area (Å²) in [5.41, 5.74) is 0.530. The number of aliphatic hydroxyl groups is 1. The molecule has 0 atom stereocenters. The fourth-order valence-electron chi connectivity index (χ4n) is 2.69. The summed E-state index contributed by atoms with van der Waals surface area (Å²) in [6.45, 7) is 8.64. The van der Waals surface area contributed by atoms with Gasteiger partial charge in [-0.1, -0.05) is 27.7 Å². The lowest BCUT2D eigenvalue weighted by atomic mass is 9.81. The van der Waals surface area contributed by atoms with Gasteiger partial charge in [-0.15, -0.1) is 0 Å². The predicted octanol–water partition coefficient (Wildman–Crippen LogP) is 2.79. The fourth-order valence-corrected chi connectivity index (χ4v) is 2.69. The molecule has 0 aliphatic rings. The molecule has 0 aliphatic heterocycles. The van der Waals surface area contributed by atoms with Gasteiger partial charge in [0.25, 0.3) is 0 Å². The first-order valence-corrected chi connectivity index (χ1v) is 6.50.